The maximum absolute atomic E-state index is 13.1. The lowest BCUT2D eigenvalue weighted by molar-refractivity contribution is -0.178. The van der Waals surface area contributed by atoms with E-state index in [1.54, 1.807) is 6.92 Å². The van der Waals surface area contributed by atoms with Crippen molar-refractivity contribution < 1.29 is 17.9 Å². The second-order valence-corrected chi connectivity index (χ2v) is 5.17. The normalized spacial score (nSPS) is 26.8. The van der Waals surface area contributed by atoms with Crippen molar-refractivity contribution in [3.63, 3.8) is 0 Å². The fourth-order valence-corrected chi connectivity index (χ4v) is 2.10. The van der Waals surface area contributed by atoms with E-state index >= 15 is 0 Å². The SMILES string of the molecule is C[C@@H](OC1C=CC=CC1(Cl)C(F)(F)F)c1ccnc(N)n1. The van der Waals surface area contributed by atoms with Gasteiger partial charge >= 0.3 is 6.18 Å². The second kappa shape index (κ2) is 5.65. The molecular weight excluding hydrogens is 307 g/mol. The van der Waals surface area contributed by atoms with Crippen LogP contribution in [0.3, 0.4) is 0 Å². The summed E-state index contributed by atoms with van der Waals surface area (Å²) in [5.74, 6) is 0.0231. The van der Waals surface area contributed by atoms with Gasteiger partial charge in [0, 0.05) is 6.20 Å². The van der Waals surface area contributed by atoms with E-state index in [0.717, 1.165) is 6.08 Å². The van der Waals surface area contributed by atoms with E-state index in [2.05, 4.69) is 9.97 Å². The molecule has 1 aromatic rings. The minimum atomic E-state index is -4.65. The van der Waals surface area contributed by atoms with Gasteiger partial charge in [0.2, 0.25) is 5.95 Å². The molecule has 1 aliphatic rings. The average Bonchev–Trinajstić information content (AvgIpc) is 2.40. The Morgan fingerprint density at radius 3 is 2.76 bits per heavy atom. The molecule has 3 atom stereocenters. The molecule has 0 radical (unpaired) electrons. The molecule has 0 bridgehead atoms. The molecule has 2 unspecified atom stereocenters. The molecule has 21 heavy (non-hydrogen) atoms. The van der Waals surface area contributed by atoms with Gasteiger partial charge in [0.25, 0.3) is 0 Å². The number of alkyl halides is 4. The Labute approximate surface area is 124 Å². The number of nitrogens with zero attached hydrogens (tertiary/aromatic N) is 2. The number of nitrogens with two attached hydrogens (primary N) is 1. The molecule has 1 aromatic heterocycles. The Kier molecular flexibility index (Phi) is 4.25. The molecular formula is C13H13ClF3N3O. The summed E-state index contributed by atoms with van der Waals surface area (Å²) in [6.07, 6.45) is -0.489. The van der Waals surface area contributed by atoms with Gasteiger partial charge in [0.1, 0.15) is 6.10 Å². The molecule has 2 N–H and O–H groups in total. The topological polar surface area (TPSA) is 61.0 Å². The van der Waals surface area contributed by atoms with E-state index in [0.29, 0.717) is 5.69 Å². The number of allylic oxidation sites excluding steroid dienone is 2. The van der Waals surface area contributed by atoms with Gasteiger partial charge in [-0.1, -0.05) is 24.3 Å². The quantitative estimate of drug-likeness (QED) is 0.869. The highest BCUT2D eigenvalue weighted by Gasteiger charge is 2.57. The molecule has 2 rings (SSSR count). The predicted octanol–water partition coefficient (Wildman–Crippen LogP) is 3.17. The van der Waals surface area contributed by atoms with E-state index in [-0.39, 0.29) is 5.95 Å². The monoisotopic (exact) mass is 319 g/mol. The second-order valence-electron chi connectivity index (χ2n) is 4.55. The number of hydrogen-bond acceptors (Lipinski definition) is 4. The van der Waals surface area contributed by atoms with Crippen LogP contribution in [0.2, 0.25) is 0 Å². The van der Waals surface area contributed by atoms with Crippen LogP contribution in [0.4, 0.5) is 19.1 Å². The van der Waals surface area contributed by atoms with Crippen molar-refractivity contribution in [2.75, 3.05) is 5.73 Å². The summed E-state index contributed by atoms with van der Waals surface area (Å²) in [6.45, 7) is 1.57. The first kappa shape index (κ1) is 15.8. The molecule has 0 aliphatic heterocycles. The molecule has 1 aliphatic carbocycles. The largest absolute Gasteiger partial charge is 0.413 e. The molecule has 8 heteroatoms. The predicted molar refractivity (Wildman–Crippen MR) is 72.7 cm³/mol. The lowest BCUT2D eigenvalue weighted by Crippen LogP contribution is -2.49. The molecule has 0 spiro atoms. The molecule has 0 saturated carbocycles. The smallest absolute Gasteiger partial charge is 0.368 e. The zero-order valence-corrected chi connectivity index (χ0v) is 11.8. The summed E-state index contributed by atoms with van der Waals surface area (Å²) < 4.78 is 44.9. The van der Waals surface area contributed by atoms with Gasteiger partial charge in [-0.25, -0.2) is 9.97 Å². The van der Waals surface area contributed by atoms with Gasteiger partial charge in [0.05, 0.1) is 11.8 Å². The van der Waals surface area contributed by atoms with E-state index in [1.165, 1.54) is 30.5 Å². The van der Waals surface area contributed by atoms with Crippen LogP contribution in [-0.2, 0) is 4.74 Å². The third kappa shape index (κ3) is 3.19. The van der Waals surface area contributed by atoms with E-state index in [1.807, 2.05) is 0 Å². The van der Waals surface area contributed by atoms with Crippen LogP contribution in [-0.4, -0.2) is 27.1 Å². The van der Waals surface area contributed by atoms with Crippen LogP contribution < -0.4 is 5.73 Å². The summed E-state index contributed by atoms with van der Waals surface area (Å²) in [6, 6.07) is 1.52. The fourth-order valence-electron chi connectivity index (χ4n) is 1.90. The summed E-state index contributed by atoms with van der Waals surface area (Å²) in [5, 5.41) is 0. The van der Waals surface area contributed by atoms with Crippen molar-refractivity contribution >= 4 is 17.5 Å². The van der Waals surface area contributed by atoms with Crippen LogP contribution in [0.1, 0.15) is 18.7 Å². The molecule has 0 saturated heterocycles. The van der Waals surface area contributed by atoms with Crippen LogP contribution in [0.25, 0.3) is 0 Å². The minimum Gasteiger partial charge on any atom is -0.368 e. The number of hydrogen-bond donors (Lipinski definition) is 1. The van der Waals surface area contributed by atoms with Gasteiger partial charge in [0.15, 0.2) is 4.87 Å². The lowest BCUT2D eigenvalue weighted by Gasteiger charge is -2.35. The summed E-state index contributed by atoms with van der Waals surface area (Å²) >= 11 is 5.73. The van der Waals surface area contributed by atoms with Gasteiger partial charge in [-0.2, -0.15) is 13.2 Å². The Balaban J connectivity index is 2.21. The van der Waals surface area contributed by atoms with Crippen LogP contribution in [0, 0.1) is 0 Å². The third-order valence-electron chi connectivity index (χ3n) is 3.05. The molecule has 4 nitrogen and oxygen atoms in total. The lowest BCUT2D eigenvalue weighted by atomic mass is 9.95. The number of halogens is 4. The van der Waals surface area contributed by atoms with E-state index < -0.39 is 23.3 Å². The first-order chi connectivity index (χ1) is 9.74. The molecule has 114 valence electrons. The maximum atomic E-state index is 13.1. The zero-order chi connectivity index (χ0) is 15.7. The van der Waals surface area contributed by atoms with Crippen LogP contribution in [0.15, 0.2) is 36.6 Å². The first-order valence-corrected chi connectivity index (χ1v) is 6.47. The van der Waals surface area contributed by atoms with E-state index in [9.17, 15) is 13.2 Å². The number of nitrogen functional groups attached to an aromatic ring is 1. The van der Waals surface area contributed by atoms with Gasteiger partial charge in [-0.05, 0) is 13.0 Å². The molecule has 0 amide bonds. The number of rotatable bonds is 3. The first-order valence-electron chi connectivity index (χ1n) is 6.09. The minimum absolute atomic E-state index is 0.0231. The van der Waals surface area contributed by atoms with E-state index in [4.69, 9.17) is 22.1 Å². The van der Waals surface area contributed by atoms with Gasteiger partial charge in [-0.3, -0.25) is 0 Å². The summed E-state index contributed by atoms with van der Waals surface area (Å²) in [7, 11) is 0. The highest BCUT2D eigenvalue weighted by molar-refractivity contribution is 6.26. The fraction of sp³-hybridized carbons (Fsp3) is 0.385. The number of aromatic nitrogens is 2. The van der Waals surface area contributed by atoms with Crippen LogP contribution >= 0.6 is 11.6 Å². The van der Waals surface area contributed by atoms with Crippen molar-refractivity contribution in [2.45, 2.75) is 30.2 Å². The van der Waals surface area contributed by atoms with Crippen molar-refractivity contribution in [1.82, 2.24) is 9.97 Å². The summed E-state index contributed by atoms with van der Waals surface area (Å²) in [4.78, 5) is 5.04. The molecule has 0 aromatic carbocycles. The van der Waals surface area contributed by atoms with Crippen molar-refractivity contribution in [1.29, 1.82) is 0 Å². The zero-order valence-electron chi connectivity index (χ0n) is 11.0. The third-order valence-corrected chi connectivity index (χ3v) is 3.60. The Hall–Kier alpha value is -1.60. The standard InChI is InChI=1S/C13H13ClF3N3O/c1-8(9-5-7-19-11(18)20-9)21-10-4-2-3-6-12(10,14)13(15,16)17/h2-8,10H,1H3,(H2,18,19,20)/t8-,10?,12?/m1/s1. The Morgan fingerprint density at radius 2 is 2.14 bits per heavy atom. The van der Waals surface area contributed by atoms with Gasteiger partial charge < -0.3 is 10.5 Å². The Bertz CT molecular complexity index is 576. The number of ether oxygens (including phenoxy) is 1. The molecule has 0 fully saturated rings. The van der Waals surface area contributed by atoms with Crippen molar-refractivity contribution in [2.24, 2.45) is 0 Å². The number of anilines is 1. The summed E-state index contributed by atoms with van der Waals surface area (Å²) in [5.41, 5.74) is 5.82. The average molecular weight is 320 g/mol. The van der Waals surface area contributed by atoms with Crippen molar-refractivity contribution in [3.05, 3.63) is 42.3 Å². The van der Waals surface area contributed by atoms with Crippen molar-refractivity contribution in [3.8, 4) is 0 Å². The highest BCUT2D eigenvalue weighted by atomic mass is 35.5. The maximum Gasteiger partial charge on any atom is 0.413 e. The van der Waals surface area contributed by atoms with Gasteiger partial charge in [-0.15, -0.1) is 11.6 Å². The Morgan fingerprint density at radius 1 is 1.43 bits per heavy atom. The highest BCUT2D eigenvalue weighted by Crippen LogP contribution is 2.44. The molecule has 1 heterocycles. The van der Waals surface area contributed by atoms with Crippen LogP contribution in [0.5, 0.6) is 0 Å².